The highest BCUT2D eigenvalue weighted by Crippen LogP contribution is 2.33. The number of rotatable bonds is 7. The van der Waals surface area contributed by atoms with E-state index in [1.54, 1.807) is 19.2 Å². The summed E-state index contributed by atoms with van der Waals surface area (Å²) in [5, 5.41) is 2.92. The molecule has 1 aliphatic heterocycles. The van der Waals surface area contributed by atoms with E-state index in [1.165, 1.54) is 24.6 Å². The van der Waals surface area contributed by atoms with Gasteiger partial charge in [0.2, 0.25) is 15.9 Å². The number of carbonyl (C=O) groups is 1. The third-order valence-electron chi connectivity index (χ3n) is 5.43. The molecule has 1 saturated heterocycles. The fourth-order valence-electron chi connectivity index (χ4n) is 3.64. The lowest BCUT2D eigenvalue weighted by atomic mass is 9.97. The van der Waals surface area contributed by atoms with Crippen molar-refractivity contribution in [2.24, 2.45) is 5.92 Å². The molecule has 0 radical (unpaired) electrons. The Kier molecular flexibility index (Phi) is 7.07. The van der Waals surface area contributed by atoms with Crippen LogP contribution in [-0.4, -0.2) is 53.0 Å². The average molecular weight is 449 g/mol. The summed E-state index contributed by atoms with van der Waals surface area (Å²) in [6.07, 6.45) is 0.844. The van der Waals surface area contributed by atoms with Gasteiger partial charge in [0.15, 0.2) is 0 Å². The molecule has 0 bridgehead atoms. The largest absolute Gasteiger partial charge is 0.497 e. The number of sulfonamides is 1. The maximum Gasteiger partial charge on any atom is 0.246 e. The number of hydrogen-bond donors (Lipinski definition) is 1. The molecule has 8 nitrogen and oxygen atoms in total. The molecule has 1 aliphatic rings. The van der Waals surface area contributed by atoms with Crippen LogP contribution in [0, 0.1) is 12.8 Å². The molecule has 9 heteroatoms. The van der Waals surface area contributed by atoms with Crippen LogP contribution >= 0.6 is 0 Å². The van der Waals surface area contributed by atoms with E-state index < -0.39 is 10.0 Å². The minimum Gasteiger partial charge on any atom is -0.497 e. The van der Waals surface area contributed by atoms with E-state index in [1.807, 2.05) is 25.1 Å². The maximum absolute atomic E-state index is 13.2. The third-order valence-corrected chi connectivity index (χ3v) is 7.35. The van der Waals surface area contributed by atoms with E-state index >= 15 is 0 Å². The first-order valence-corrected chi connectivity index (χ1v) is 11.4. The van der Waals surface area contributed by atoms with Crippen LogP contribution in [0.2, 0.25) is 0 Å². The summed E-state index contributed by atoms with van der Waals surface area (Å²) in [5.74, 6) is 0.848. The summed E-state index contributed by atoms with van der Waals surface area (Å²) in [6, 6.07) is 10.2. The van der Waals surface area contributed by atoms with Crippen LogP contribution in [0.25, 0.3) is 0 Å². The summed E-state index contributed by atoms with van der Waals surface area (Å²) < 4.78 is 43.5. The van der Waals surface area contributed by atoms with E-state index in [2.05, 4.69) is 5.32 Å². The first-order chi connectivity index (χ1) is 14.8. The van der Waals surface area contributed by atoms with Gasteiger partial charge in [0.1, 0.15) is 22.1 Å². The average Bonchev–Trinajstić information content (AvgIpc) is 2.78. The summed E-state index contributed by atoms with van der Waals surface area (Å²) >= 11 is 0. The van der Waals surface area contributed by atoms with Gasteiger partial charge >= 0.3 is 0 Å². The van der Waals surface area contributed by atoms with E-state index in [-0.39, 0.29) is 35.6 Å². The van der Waals surface area contributed by atoms with Crippen LogP contribution in [-0.2, 0) is 14.8 Å². The standard InChI is InChI=1S/C22H28N2O6S/c1-15-5-7-19(29-3)18(13-15)23-22(25)16-9-11-24(12-10-16)31(26,27)21-14-17(28-2)6-8-20(21)30-4/h5-8,13-14,16H,9-12H2,1-4H3,(H,23,25). The summed E-state index contributed by atoms with van der Waals surface area (Å²) in [6.45, 7) is 2.42. The molecule has 0 saturated carbocycles. The molecule has 0 aliphatic carbocycles. The van der Waals surface area contributed by atoms with E-state index in [9.17, 15) is 13.2 Å². The number of piperidine rings is 1. The molecule has 0 aromatic heterocycles. The van der Waals surface area contributed by atoms with Crippen molar-refractivity contribution in [3.8, 4) is 17.2 Å². The summed E-state index contributed by atoms with van der Waals surface area (Å²) in [7, 11) is 0.672. The predicted octanol–water partition coefficient (Wildman–Crippen LogP) is 3.06. The monoisotopic (exact) mass is 448 g/mol. The van der Waals surface area contributed by atoms with Crippen molar-refractivity contribution in [2.45, 2.75) is 24.7 Å². The van der Waals surface area contributed by atoms with Crippen LogP contribution < -0.4 is 19.5 Å². The number of nitrogens with zero attached hydrogens (tertiary/aromatic N) is 1. The van der Waals surface area contributed by atoms with Crippen LogP contribution in [0.3, 0.4) is 0 Å². The molecule has 1 amide bonds. The minimum absolute atomic E-state index is 0.0572. The Morgan fingerprint density at radius 1 is 0.968 bits per heavy atom. The zero-order valence-corrected chi connectivity index (χ0v) is 19.0. The molecule has 0 spiro atoms. The number of methoxy groups -OCH3 is 3. The van der Waals surface area contributed by atoms with Gasteiger partial charge in [0.25, 0.3) is 0 Å². The fraction of sp³-hybridized carbons (Fsp3) is 0.409. The molecular formula is C22H28N2O6S. The Labute approximate surface area is 183 Å². The van der Waals surface area contributed by atoms with Gasteiger partial charge in [0, 0.05) is 25.1 Å². The molecule has 31 heavy (non-hydrogen) atoms. The van der Waals surface area contributed by atoms with Crippen LogP contribution in [0.1, 0.15) is 18.4 Å². The lowest BCUT2D eigenvalue weighted by Crippen LogP contribution is -2.41. The Balaban J connectivity index is 1.71. The Morgan fingerprint density at radius 3 is 2.23 bits per heavy atom. The number of nitrogens with one attached hydrogen (secondary N) is 1. The number of hydrogen-bond acceptors (Lipinski definition) is 6. The van der Waals surface area contributed by atoms with Gasteiger partial charge in [-0.1, -0.05) is 6.07 Å². The number of anilines is 1. The quantitative estimate of drug-likeness (QED) is 0.700. The second kappa shape index (κ2) is 9.57. The molecule has 2 aromatic rings. The van der Waals surface area contributed by atoms with Crippen LogP contribution in [0.5, 0.6) is 17.2 Å². The first-order valence-electron chi connectivity index (χ1n) is 9.97. The molecular weight excluding hydrogens is 420 g/mol. The Hall–Kier alpha value is -2.78. The highest BCUT2D eigenvalue weighted by atomic mass is 32.2. The molecule has 1 fully saturated rings. The zero-order valence-electron chi connectivity index (χ0n) is 18.2. The Bertz CT molecular complexity index is 1050. The van der Waals surface area contributed by atoms with Gasteiger partial charge in [-0.25, -0.2) is 8.42 Å². The van der Waals surface area contributed by atoms with Crippen molar-refractivity contribution in [2.75, 3.05) is 39.7 Å². The molecule has 2 aromatic carbocycles. The predicted molar refractivity (Wildman–Crippen MR) is 117 cm³/mol. The van der Waals surface area contributed by atoms with Crippen molar-refractivity contribution in [1.82, 2.24) is 4.31 Å². The van der Waals surface area contributed by atoms with Gasteiger partial charge in [-0.3, -0.25) is 4.79 Å². The van der Waals surface area contributed by atoms with Gasteiger partial charge in [-0.05, 0) is 49.6 Å². The zero-order chi connectivity index (χ0) is 22.6. The van der Waals surface area contributed by atoms with Gasteiger partial charge in [-0.15, -0.1) is 0 Å². The highest BCUT2D eigenvalue weighted by Gasteiger charge is 2.34. The van der Waals surface area contributed by atoms with Gasteiger partial charge in [0.05, 0.1) is 27.0 Å². The lowest BCUT2D eigenvalue weighted by Gasteiger charge is -2.31. The molecule has 0 unspecified atom stereocenters. The number of benzene rings is 2. The van der Waals surface area contributed by atoms with Crippen molar-refractivity contribution < 1.29 is 27.4 Å². The van der Waals surface area contributed by atoms with Crippen LogP contribution in [0.4, 0.5) is 5.69 Å². The number of aryl methyl sites for hydroxylation is 1. The topological polar surface area (TPSA) is 94.2 Å². The number of carbonyl (C=O) groups excluding carboxylic acids is 1. The molecule has 1 heterocycles. The Morgan fingerprint density at radius 2 is 1.61 bits per heavy atom. The normalized spacial score (nSPS) is 15.4. The van der Waals surface area contributed by atoms with Crippen molar-refractivity contribution >= 4 is 21.6 Å². The molecule has 1 N–H and O–H groups in total. The maximum atomic E-state index is 13.2. The summed E-state index contributed by atoms with van der Waals surface area (Å²) in [4.78, 5) is 12.8. The third kappa shape index (κ3) is 4.94. The molecule has 3 rings (SSSR count). The number of ether oxygens (including phenoxy) is 3. The molecule has 0 atom stereocenters. The van der Waals surface area contributed by atoms with E-state index in [4.69, 9.17) is 14.2 Å². The van der Waals surface area contributed by atoms with Crippen molar-refractivity contribution in [1.29, 1.82) is 0 Å². The second-order valence-electron chi connectivity index (χ2n) is 7.39. The highest BCUT2D eigenvalue weighted by molar-refractivity contribution is 7.89. The van der Waals surface area contributed by atoms with Gasteiger partial charge in [-0.2, -0.15) is 4.31 Å². The SMILES string of the molecule is COc1ccc(OC)c(S(=O)(=O)N2CCC(C(=O)Nc3cc(C)ccc3OC)CC2)c1. The molecule has 168 valence electrons. The van der Waals surface area contributed by atoms with E-state index in [0.29, 0.717) is 30.0 Å². The fourth-order valence-corrected chi connectivity index (χ4v) is 5.28. The van der Waals surface area contributed by atoms with Crippen LogP contribution in [0.15, 0.2) is 41.3 Å². The van der Waals surface area contributed by atoms with Crippen molar-refractivity contribution in [3.05, 3.63) is 42.0 Å². The number of amides is 1. The first kappa shape index (κ1) is 22.9. The lowest BCUT2D eigenvalue weighted by molar-refractivity contribution is -0.120. The summed E-state index contributed by atoms with van der Waals surface area (Å²) in [5.41, 5.74) is 1.62. The smallest absolute Gasteiger partial charge is 0.246 e. The van der Waals surface area contributed by atoms with E-state index in [0.717, 1.165) is 5.56 Å². The minimum atomic E-state index is -3.79. The van der Waals surface area contributed by atoms with Gasteiger partial charge < -0.3 is 19.5 Å². The second-order valence-corrected chi connectivity index (χ2v) is 9.29. The van der Waals surface area contributed by atoms with Crippen molar-refractivity contribution in [3.63, 3.8) is 0 Å².